The minimum atomic E-state index is -3.01. The van der Waals surface area contributed by atoms with Gasteiger partial charge in [-0.05, 0) is 13.3 Å². The lowest BCUT2D eigenvalue weighted by Crippen LogP contribution is -2.58. The molecule has 0 spiro atoms. The van der Waals surface area contributed by atoms with E-state index >= 15 is 0 Å². The second kappa shape index (κ2) is 4.88. The molecule has 5 nitrogen and oxygen atoms in total. The van der Waals surface area contributed by atoms with Gasteiger partial charge in [0.15, 0.2) is 5.60 Å². The van der Waals surface area contributed by atoms with Crippen LogP contribution in [0.2, 0.25) is 0 Å². The Hall–Kier alpha value is -1.50. The van der Waals surface area contributed by atoms with E-state index in [-0.39, 0.29) is 6.42 Å². The first-order chi connectivity index (χ1) is 8.62. The van der Waals surface area contributed by atoms with Crippen molar-refractivity contribution in [1.29, 1.82) is 0 Å². The monoisotopic (exact) mass is 278 g/mol. The second-order valence-electron chi connectivity index (χ2n) is 4.86. The molecular formula is C12H16F2O5. The molecule has 0 aliphatic heterocycles. The molecule has 0 aromatic rings. The average Bonchev–Trinajstić information content (AvgIpc) is 2.28. The topological polar surface area (TPSA) is 94.8 Å². The summed E-state index contributed by atoms with van der Waals surface area (Å²) in [4.78, 5) is 22.6. The van der Waals surface area contributed by atoms with Crippen molar-refractivity contribution < 1.29 is 33.7 Å². The summed E-state index contributed by atoms with van der Waals surface area (Å²) >= 11 is 0. The number of carboxylic acids is 2. The van der Waals surface area contributed by atoms with Crippen LogP contribution in [0.1, 0.15) is 26.7 Å². The SMILES string of the molecule is CCC1C(O)(C(=O)O)CC=C(C(F)F)C1(C)C(=O)O. The molecule has 1 aliphatic rings. The van der Waals surface area contributed by atoms with Gasteiger partial charge in [0.2, 0.25) is 0 Å². The largest absolute Gasteiger partial charge is 0.481 e. The fourth-order valence-electron chi connectivity index (χ4n) is 2.87. The number of hydrogen-bond donors (Lipinski definition) is 3. The van der Waals surface area contributed by atoms with Crippen LogP contribution in [0.25, 0.3) is 0 Å². The first kappa shape index (κ1) is 15.6. The summed E-state index contributed by atoms with van der Waals surface area (Å²) in [5, 5.41) is 28.5. The molecule has 3 N–H and O–H groups in total. The Labute approximate surface area is 108 Å². The smallest absolute Gasteiger partial charge is 0.336 e. The lowest BCUT2D eigenvalue weighted by molar-refractivity contribution is -0.179. The van der Waals surface area contributed by atoms with Crippen molar-refractivity contribution >= 4 is 11.9 Å². The Balaban J connectivity index is 3.50. The highest BCUT2D eigenvalue weighted by Crippen LogP contribution is 2.50. The van der Waals surface area contributed by atoms with Crippen molar-refractivity contribution in [2.45, 2.75) is 38.7 Å². The predicted octanol–water partition coefficient (Wildman–Crippen LogP) is 1.51. The van der Waals surface area contributed by atoms with E-state index in [1.807, 2.05) is 0 Å². The molecule has 0 saturated carbocycles. The van der Waals surface area contributed by atoms with E-state index < -0.39 is 47.3 Å². The molecule has 19 heavy (non-hydrogen) atoms. The van der Waals surface area contributed by atoms with Gasteiger partial charge in [-0.3, -0.25) is 4.79 Å². The molecule has 0 aromatic heterocycles. The molecular weight excluding hydrogens is 262 g/mol. The van der Waals surface area contributed by atoms with E-state index in [1.54, 1.807) is 0 Å². The van der Waals surface area contributed by atoms with E-state index in [0.717, 1.165) is 13.0 Å². The van der Waals surface area contributed by atoms with Gasteiger partial charge < -0.3 is 15.3 Å². The van der Waals surface area contributed by atoms with Crippen LogP contribution in [0.15, 0.2) is 11.6 Å². The average molecular weight is 278 g/mol. The van der Waals surface area contributed by atoms with Crippen molar-refractivity contribution in [1.82, 2.24) is 0 Å². The van der Waals surface area contributed by atoms with E-state index in [1.165, 1.54) is 6.92 Å². The van der Waals surface area contributed by atoms with E-state index in [2.05, 4.69) is 0 Å². The molecule has 1 rings (SSSR count). The van der Waals surface area contributed by atoms with Crippen molar-refractivity contribution in [2.24, 2.45) is 11.3 Å². The van der Waals surface area contributed by atoms with Gasteiger partial charge in [0, 0.05) is 17.9 Å². The Kier molecular flexibility index (Phi) is 4.00. The Morgan fingerprint density at radius 2 is 1.95 bits per heavy atom. The lowest BCUT2D eigenvalue weighted by Gasteiger charge is -2.46. The molecule has 1 aliphatic carbocycles. The zero-order chi connectivity index (χ0) is 15.0. The van der Waals surface area contributed by atoms with Gasteiger partial charge >= 0.3 is 11.9 Å². The van der Waals surface area contributed by atoms with Gasteiger partial charge in [-0.2, -0.15) is 0 Å². The minimum absolute atomic E-state index is 0.0460. The molecule has 3 atom stereocenters. The molecule has 108 valence electrons. The first-order valence-electron chi connectivity index (χ1n) is 5.80. The third kappa shape index (κ3) is 2.11. The second-order valence-corrected chi connectivity index (χ2v) is 4.86. The Morgan fingerprint density at radius 3 is 2.26 bits per heavy atom. The number of aliphatic carboxylic acids is 2. The summed E-state index contributed by atoms with van der Waals surface area (Å²) in [6.07, 6.45) is -2.74. The number of carboxylic acid groups (broad SMARTS) is 2. The van der Waals surface area contributed by atoms with Gasteiger partial charge in [0.05, 0.1) is 5.41 Å². The standard InChI is InChI=1S/C12H16F2O5/c1-3-7-11(2,9(15)16)6(8(13)14)4-5-12(7,19)10(17)18/h4,7-8,19H,3,5H2,1-2H3,(H,15,16)(H,17,18). The minimum Gasteiger partial charge on any atom is -0.481 e. The molecule has 0 saturated heterocycles. The van der Waals surface area contributed by atoms with Crippen LogP contribution in [-0.2, 0) is 9.59 Å². The molecule has 0 aromatic carbocycles. The summed E-state index contributed by atoms with van der Waals surface area (Å²) in [7, 11) is 0. The van der Waals surface area contributed by atoms with Crippen molar-refractivity contribution in [3.8, 4) is 0 Å². The van der Waals surface area contributed by atoms with Crippen LogP contribution >= 0.6 is 0 Å². The molecule has 0 radical (unpaired) electrons. The van der Waals surface area contributed by atoms with Gasteiger partial charge in [0.1, 0.15) is 0 Å². The third-order valence-corrected chi connectivity index (χ3v) is 3.96. The van der Waals surface area contributed by atoms with Crippen LogP contribution in [0.3, 0.4) is 0 Å². The lowest BCUT2D eigenvalue weighted by atomic mass is 9.59. The number of aliphatic hydroxyl groups is 1. The zero-order valence-corrected chi connectivity index (χ0v) is 10.6. The number of hydrogen-bond acceptors (Lipinski definition) is 3. The quantitative estimate of drug-likeness (QED) is 0.678. The number of halogens is 2. The van der Waals surface area contributed by atoms with Crippen LogP contribution in [0.5, 0.6) is 0 Å². The first-order valence-corrected chi connectivity index (χ1v) is 5.80. The Morgan fingerprint density at radius 1 is 1.42 bits per heavy atom. The molecule has 7 heteroatoms. The molecule has 0 heterocycles. The summed E-state index contributed by atoms with van der Waals surface area (Å²) in [6, 6.07) is 0. The maximum absolute atomic E-state index is 13.0. The van der Waals surface area contributed by atoms with Gasteiger partial charge in [-0.1, -0.05) is 13.0 Å². The summed E-state index contributed by atoms with van der Waals surface area (Å²) in [5.41, 5.74) is -5.09. The normalized spacial score (nSPS) is 35.1. The van der Waals surface area contributed by atoms with Gasteiger partial charge in [0.25, 0.3) is 6.43 Å². The fraction of sp³-hybridized carbons (Fsp3) is 0.667. The van der Waals surface area contributed by atoms with Gasteiger partial charge in [-0.15, -0.1) is 0 Å². The van der Waals surface area contributed by atoms with Crippen molar-refractivity contribution in [3.63, 3.8) is 0 Å². The van der Waals surface area contributed by atoms with Crippen molar-refractivity contribution in [3.05, 3.63) is 11.6 Å². The van der Waals surface area contributed by atoms with E-state index in [0.29, 0.717) is 0 Å². The maximum atomic E-state index is 13.0. The van der Waals surface area contributed by atoms with E-state index in [9.17, 15) is 28.6 Å². The van der Waals surface area contributed by atoms with Crippen LogP contribution in [0.4, 0.5) is 8.78 Å². The van der Waals surface area contributed by atoms with Crippen LogP contribution < -0.4 is 0 Å². The van der Waals surface area contributed by atoms with E-state index in [4.69, 9.17) is 5.11 Å². The number of carbonyl (C=O) groups is 2. The Bertz CT molecular complexity index is 434. The molecule has 0 fully saturated rings. The summed E-state index contributed by atoms with van der Waals surface area (Å²) in [5.74, 6) is -4.49. The van der Waals surface area contributed by atoms with Crippen LogP contribution in [-0.4, -0.2) is 39.3 Å². The highest BCUT2D eigenvalue weighted by molar-refractivity contribution is 5.85. The van der Waals surface area contributed by atoms with Crippen LogP contribution in [0, 0.1) is 11.3 Å². The molecule has 3 unspecified atom stereocenters. The highest BCUT2D eigenvalue weighted by atomic mass is 19.3. The number of alkyl halides is 2. The molecule has 0 amide bonds. The van der Waals surface area contributed by atoms with Gasteiger partial charge in [-0.25, -0.2) is 13.6 Å². The molecule has 0 bridgehead atoms. The summed E-state index contributed by atoms with van der Waals surface area (Å²) < 4.78 is 26.0. The zero-order valence-electron chi connectivity index (χ0n) is 10.6. The third-order valence-electron chi connectivity index (χ3n) is 3.96. The maximum Gasteiger partial charge on any atom is 0.336 e. The van der Waals surface area contributed by atoms with Crippen molar-refractivity contribution in [2.75, 3.05) is 0 Å². The summed E-state index contributed by atoms with van der Waals surface area (Å²) in [6.45, 7) is 2.50. The fourth-order valence-corrected chi connectivity index (χ4v) is 2.87. The number of rotatable bonds is 4. The predicted molar refractivity (Wildman–Crippen MR) is 60.8 cm³/mol. The highest BCUT2D eigenvalue weighted by Gasteiger charge is 2.60.